The molecule has 0 saturated heterocycles. The van der Waals surface area contributed by atoms with E-state index in [-0.39, 0.29) is 18.7 Å². The zero-order valence-corrected chi connectivity index (χ0v) is 13.5. The number of phenols is 1. The molecule has 1 aromatic carbocycles. The molecule has 1 aromatic rings. The van der Waals surface area contributed by atoms with E-state index in [4.69, 9.17) is 4.74 Å². The summed E-state index contributed by atoms with van der Waals surface area (Å²) < 4.78 is 5.07. The average Bonchev–Trinajstić information content (AvgIpc) is 2.38. The Morgan fingerprint density at radius 2 is 1.95 bits per heavy atom. The second-order valence-corrected chi connectivity index (χ2v) is 6.28. The van der Waals surface area contributed by atoms with Crippen molar-refractivity contribution in [1.29, 1.82) is 0 Å². The first-order chi connectivity index (χ1) is 10.1. The monoisotopic (exact) mass is 311 g/mol. The van der Waals surface area contributed by atoms with Crippen molar-refractivity contribution in [3.63, 3.8) is 0 Å². The summed E-state index contributed by atoms with van der Waals surface area (Å²) in [5, 5.41) is 32.0. The fourth-order valence-electron chi connectivity index (χ4n) is 1.88. The van der Waals surface area contributed by atoms with Crippen molar-refractivity contribution < 1.29 is 24.9 Å². The lowest BCUT2D eigenvalue weighted by Crippen LogP contribution is -2.34. The summed E-state index contributed by atoms with van der Waals surface area (Å²) in [6.45, 7) is 7.18. The predicted molar refractivity (Wildman–Crippen MR) is 82.7 cm³/mol. The standard InChI is InChI=1S/C16H25NO5/c1-10-9-11(5-6-12(10)18)14(20)13(19)7-8-17-15(21)22-16(2,3)4/h5-6,9,13-14,18-20H,7-8H2,1-4H3,(H,17,21). The Hall–Kier alpha value is -1.79. The van der Waals surface area contributed by atoms with Gasteiger partial charge in [-0.3, -0.25) is 0 Å². The van der Waals surface area contributed by atoms with E-state index in [0.29, 0.717) is 11.1 Å². The van der Waals surface area contributed by atoms with Crippen LogP contribution in [0.5, 0.6) is 5.75 Å². The molecule has 6 nitrogen and oxygen atoms in total. The molecule has 2 unspecified atom stereocenters. The van der Waals surface area contributed by atoms with Crippen LogP contribution in [-0.2, 0) is 4.74 Å². The summed E-state index contributed by atoms with van der Waals surface area (Å²) in [5.41, 5.74) is 0.557. The summed E-state index contributed by atoms with van der Waals surface area (Å²) >= 11 is 0. The Labute approximate surface area is 130 Å². The molecule has 4 N–H and O–H groups in total. The van der Waals surface area contributed by atoms with E-state index in [1.807, 2.05) is 0 Å². The lowest BCUT2D eigenvalue weighted by atomic mass is 10.00. The zero-order chi connectivity index (χ0) is 16.9. The van der Waals surface area contributed by atoms with Crippen LogP contribution >= 0.6 is 0 Å². The lowest BCUT2D eigenvalue weighted by molar-refractivity contribution is 0.0122. The summed E-state index contributed by atoms with van der Waals surface area (Å²) in [6.07, 6.45) is -2.49. The number of carbonyl (C=O) groups excluding carboxylic acids is 1. The molecule has 0 saturated carbocycles. The second kappa shape index (κ2) is 7.47. The van der Waals surface area contributed by atoms with E-state index in [1.165, 1.54) is 6.07 Å². The first kappa shape index (κ1) is 18.3. The third-order valence-electron chi connectivity index (χ3n) is 3.04. The maximum absolute atomic E-state index is 11.5. The summed E-state index contributed by atoms with van der Waals surface area (Å²) in [6, 6.07) is 4.64. The molecule has 1 rings (SSSR count). The predicted octanol–water partition coefficient (Wildman–Crippen LogP) is 2.01. The number of hydrogen-bond donors (Lipinski definition) is 4. The van der Waals surface area contributed by atoms with Crippen molar-refractivity contribution in [3.8, 4) is 5.75 Å². The van der Waals surface area contributed by atoms with Crippen LogP contribution < -0.4 is 5.32 Å². The molecule has 0 aliphatic carbocycles. The third-order valence-corrected chi connectivity index (χ3v) is 3.04. The van der Waals surface area contributed by atoms with E-state index in [9.17, 15) is 20.1 Å². The van der Waals surface area contributed by atoms with Crippen molar-refractivity contribution in [2.45, 2.75) is 51.9 Å². The maximum Gasteiger partial charge on any atom is 0.407 e. The number of alkyl carbamates (subject to hydrolysis) is 1. The SMILES string of the molecule is Cc1cc(C(O)C(O)CCNC(=O)OC(C)(C)C)ccc1O. The highest BCUT2D eigenvalue weighted by molar-refractivity contribution is 5.67. The first-order valence-electron chi connectivity index (χ1n) is 7.22. The van der Waals surface area contributed by atoms with Gasteiger partial charge in [0.25, 0.3) is 0 Å². The minimum atomic E-state index is -1.08. The number of aromatic hydroxyl groups is 1. The van der Waals surface area contributed by atoms with Gasteiger partial charge >= 0.3 is 6.09 Å². The van der Waals surface area contributed by atoms with E-state index in [0.717, 1.165) is 0 Å². The normalized spacial score (nSPS) is 14.3. The van der Waals surface area contributed by atoms with E-state index in [1.54, 1.807) is 39.8 Å². The third kappa shape index (κ3) is 5.91. The minimum absolute atomic E-state index is 0.136. The van der Waals surface area contributed by atoms with Gasteiger partial charge in [0.1, 0.15) is 17.5 Å². The summed E-state index contributed by atoms with van der Waals surface area (Å²) in [7, 11) is 0. The molecule has 0 fully saturated rings. The molecule has 0 aromatic heterocycles. The Kier molecular flexibility index (Phi) is 6.20. The molecule has 2 atom stereocenters. The van der Waals surface area contributed by atoms with Crippen LogP contribution in [0.1, 0.15) is 44.4 Å². The highest BCUT2D eigenvalue weighted by Crippen LogP contribution is 2.24. The van der Waals surface area contributed by atoms with Gasteiger partial charge in [-0.05, 0) is 57.4 Å². The number of hydrogen-bond acceptors (Lipinski definition) is 5. The number of rotatable bonds is 5. The Bertz CT molecular complexity index is 510. The van der Waals surface area contributed by atoms with Crippen LogP contribution in [-0.4, -0.2) is 39.7 Å². The molecule has 0 aliphatic heterocycles. The molecule has 124 valence electrons. The quantitative estimate of drug-likeness (QED) is 0.666. The van der Waals surface area contributed by atoms with E-state index in [2.05, 4.69) is 5.32 Å². The Balaban J connectivity index is 2.46. The molecule has 0 spiro atoms. The highest BCUT2D eigenvalue weighted by Gasteiger charge is 2.20. The number of nitrogens with one attached hydrogen (secondary N) is 1. The summed E-state index contributed by atoms with van der Waals surface area (Å²) in [4.78, 5) is 11.5. The average molecular weight is 311 g/mol. The molecule has 22 heavy (non-hydrogen) atoms. The van der Waals surface area contributed by atoms with Crippen molar-refractivity contribution in [2.75, 3.05) is 6.54 Å². The zero-order valence-electron chi connectivity index (χ0n) is 13.5. The van der Waals surface area contributed by atoms with Crippen LogP contribution in [0.15, 0.2) is 18.2 Å². The molecular formula is C16H25NO5. The molecule has 0 heterocycles. The smallest absolute Gasteiger partial charge is 0.407 e. The maximum atomic E-state index is 11.5. The fraction of sp³-hybridized carbons (Fsp3) is 0.562. The van der Waals surface area contributed by atoms with E-state index < -0.39 is 23.9 Å². The Morgan fingerprint density at radius 3 is 2.50 bits per heavy atom. The molecule has 0 aliphatic rings. The van der Waals surface area contributed by atoms with Crippen molar-refractivity contribution >= 4 is 6.09 Å². The number of phenolic OH excluding ortho intramolecular Hbond substituents is 1. The van der Waals surface area contributed by atoms with Gasteiger partial charge in [-0.25, -0.2) is 4.79 Å². The van der Waals surface area contributed by atoms with Crippen LogP contribution in [0.25, 0.3) is 0 Å². The van der Waals surface area contributed by atoms with Gasteiger partial charge in [-0.15, -0.1) is 0 Å². The number of aryl methyl sites for hydroxylation is 1. The van der Waals surface area contributed by atoms with E-state index >= 15 is 0 Å². The fourth-order valence-corrected chi connectivity index (χ4v) is 1.88. The van der Waals surface area contributed by atoms with Crippen molar-refractivity contribution in [3.05, 3.63) is 29.3 Å². The molecule has 0 bridgehead atoms. The first-order valence-corrected chi connectivity index (χ1v) is 7.22. The van der Waals surface area contributed by atoms with Gasteiger partial charge in [0.15, 0.2) is 0 Å². The topological polar surface area (TPSA) is 99.0 Å². The lowest BCUT2D eigenvalue weighted by Gasteiger charge is -2.21. The largest absolute Gasteiger partial charge is 0.508 e. The number of carbonyl (C=O) groups is 1. The van der Waals surface area contributed by atoms with Crippen molar-refractivity contribution in [2.24, 2.45) is 0 Å². The Morgan fingerprint density at radius 1 is 1.32 bits per heavy atom. The minimum Gasteiger partial charge on any atom is -0.508 e. The highest BCUT2D eigenvalue weighted by atomic mass is 16.6. The van der Waals surface area contributed by atoms with Gasteiger partial charge < -0.3 is 25.4 Å². The van der Waals surface area contributed by atoms with Crippen LogP contribution in [0, 0.1) is 6.92 Å². The van der Waals surface area contributed by atoms with Gasteiger partial charge in [0, 0.05) is 6.54 Å². The molecular weight excluding hydrogens is 286 g/mol. The van der Waals surface area contributed by atoms with Crippen LogP contribution in [0.2, 0.25) is 0 Å². The van der Waals surface area contributed by atoms with Gasteiger partial charge in [0.05, 0.1) is 6.10 Å². The second-order valence-electron chi connectivity index (χ2n) is 6.28. The number of aliphatic hydroxyl groups excluding tert-OH is 2. The molecule has 0 radical (unpaired) electrons. The van der Waals surface area contributed by atoms with Gasteiger partial charge in [-0.1, -0.05) is 6.07 Å². The van der Waals surface area contributed by atoms with Crippen LogP contribution in [0.3, 0.4) is 0 Å². The van der Waals surface area contributed by atoms with Gasteiger partial charge in [0.2, 0.25) is 0 Å². The van der Waals surface area contributed by atoms with Crippen LogP contribution in [0.4, 0.5) is 4.79 Å². The molecule has 6 heteroatoms. The number of benzene rings is 1. The number of amides is 1. The number of ether oxygens (including phenoxy) is 1. The van der Waals surface area contributed by atoms with Crippen molar-refractivity contribution in [1.82, 2.24) is 5.32 Å². The number of aliphatic hydroxyl groups is 2. The summed E-state index contributed by atoms with van der Waals surface area (Å²) in [5.74, 6) is 0.136. The van der Waals surface area contributed by atoms with Gasteiger partial charge in [-0.2, -0.15) is 0 Å². The molecule has 1 amide bonds.